The maximum absolute atomic E-state index is 4.34. The fourth-order valence-electron chi connectivity index (χ4n) is 2.26. The highest BCUT2D eigenvalue weighted by atomic mass is 14.9. The Morgan fingerprint density at radius 2 is 1.89 bits per heavy atom. The van der Waals surface area contributed by atoms with Gasteiger partial charge in [0.1, 0.15) is 6.33 Å². The van der Waals surface area contributed by atoms with E-state index in [-0.39, 0.29) is 6.04 Å². The van der Waals surface area contributed by atoms with Gasteiger partial charge in [0, 0.05) is 29.5 Å². The fourth-order valence-corrected chi connectivity index (χ4v) is 2.26. The molecule has 1 aromatic carbocycles. The summed E-state index contributed by atoms with van der Waals surface area (Å²) in [5, 5.41) is 4.44. The van der Waals surface area contributed by atoms with Crippen molar-refractivity contribution in [3.05, 3.63) is 66.4 Å². The first kappa shape index (κ1) is 11.7. The third-order valence-corrected chi connectivity index (χ3v) is 3.16. The van der Waals surface area contributed by atoms with Gasteiger partial charge in [-0.25, -0.2) is 9.97 Å². The monoisotopic (exact) mass is 250 g/mol. The SMILES string of the molecule is CNC(c1cncnc1)c1ccc2ncccc2c1. The average molecular weight is 250 g/mol. The highest BCUT2D eigenvalue weighted by Gasteiger charge is 2.12. The molecule has 1 N–H and O–H groups in total. The van der Waals surface area contributed by atoms with E-state index in [0.29, 0.717) is 0 Å². The van der Waals surface area contributed by atoms with Crippen molar-refractivity contribution in [2.75, 3.05) is 7.05 Å². The van der Waals surface area contributed by atoms with Crippen LogP contribution in [0.1, 0.15) is 17.2 Å². The van der Waals surface area contributed by atoms with Crippen molar-refractivity contribution >= 4 is 10.9 Å². The minimum Gasteiger partial charge on any atom is -0.309 e. The van der Waals surface area contributed by atoms with Crippen LogP contribution in [0, 0.1) is 0 Å². The minimum absolute atomic E-state index is 0.0887. The molecule has 2 aromatic heterocycles. The molecule has 1 unspecified atom stereocenters. The van der Waals surface area contributed by atoms with Crippen LogP contribution in [0.25, 0.3) is 10.9 Å². The van der Waals surface area contributed by atoms with Crippen molar-refractivity contribution in [2.45, 2.75) is 6.04 Å². The molecule has 1 atom stereocenters. The summed E-state index contributed by atoms with van der Waals surface area (Å²) in [7, 11) is 1.94. The van der Waals surface area contributed by atoms with Gasteiger partial charge in [-0.1, -0.05) is 12.1 Å². The van der Waals surface area contributed by atoms with E-state index in [4.69, 9.17) is 0 Å². The van der Waals surface area contributed by atoms with Crippen molar-refractivity contribution in [2.24, 2.45) is 0 Å². The summed E-state index contributed by atoms with van der Waals surface area (Å²) in [5.74, 6) is 0. The maximum atomic E-state index is 4.34. The number of aromatic nitrogens is 3. The summed E-state index contributed by atoms with van der Waals surface area (Å²) in [6.45, 7) is 0. The van der Waals surface area contributed by atoms with Gasteiger partial charge in [-0.05, 0) is 30.8 Å². The van der Waals surface area contributed by atoms with Crippen LogP contribution < -0.4 is 5.32 Å². The number of nitrogens with zero attached hydrogens (tertiary/aromatic N) is 3. The summed E-state index contributed by atoms with van der Waals surface area (Å²) in [6, 6.07) is 10.4. The first-order valence-electron chi connectivity index (χ1n) is 6.15. The summed E-state index contributed by atoms with van der Waals surface area (Å²) < 4.78 is 0. The van der Waals surface area contributed by atoms with Gasteiger partial charge < -0.3 is 5.32 Å². The molecule has 0 spiro atoms. The molecule has 4 heteroatoms. The van der Waals surface area contributed by atoms with E-state index in [9.17, 15) is 0 Å². The van der Waals surface area contributed by atoms with Gasteiger partial charge in [-0.15, -0.1) is 0 Å². The number of hydrogen-bond acceptors (Lipinski definition) is 4. The Bertz CT molecular complexity index is 682. The summed E-state index contributed by atoms with van der Waals surface area (Å²) in [4.78, 5) is 12.5. The zero-order chi connectivity index (χ0) is 13.1. The van der Waals surface area contributed by atoms with Crippen molar-refractivity contribution in [1.29, 1.82) is 0 Å². The lowest BCUT2D eigenvalue weighted by molar-refractivity contribution is 0.685. The topological polar surface area (TPSA) is 50.7 Å². The molecule has 0 fully saturated rings. The Kier molecular flexibility index (Phi) is 3.16. The van der Waals surface area contributed by atoms with Crippen molar-refractivity contribution in [3.8, 4) is 0 Å². The lowest BCUT2D eigenvalue weighted by Crippen LogP contribution is -2.18. The first-order chi connectivity index (χ1) is 9.38. The Balaban J connectivity index is 2.06. The van der Waals surface area contributed by atoms with Crippen LogP contribution in [-0.2, 0) is 0 Å². The van der Waals surface area contributed by atoms with Gasteiger partial charge in [0.05, 0.1) is 11.6 Å². The van der Waals surface area contributed by atoms with Crippen LogP contribution in [0.3, 0.4) is 0 Å². The Hall–Kier alpha value is -2.33. The van der Waals surface area contributed by atoms with E-state index in [2.05, 4.69) is 38.5 Å². The molecule has 0 amide bonds. The molecule has 0 saturated carbocycles. The molecule has 0 aliphatic heterocycles. The zero-order valence-corrected chi connectivity index (χ0v) is 10.6. The number of rotatable bonds is 3. The van der Waals surface area contributed by atoms with Crippen molar-refractivity contribution < 1.29 is 0 Å². The third-order valence-electron chi connectivity index (χ3n) is 3.16. The largest absolute Gasteiger partial charge is 0.309 e. The van der Waals surface area contributed by atoms with Crippen LogP contribution in [0.5, 0.6) is 0 Å². The zero-order valence-electron chi connectivity index (χ0n) is 10.6. The van der Waals surface area contributed by atoms with Crippen molar-refractivity contribution in [1.82, 2.24) is 20.3 Å². The normalized spacial score (nSPS) is 12.5. The molecule has 0 radical (unpaired) electrons. The minimum atomic E-state index is 0.0887. The molecular formula is C15H14N4. The predicted octanol–water partition coefficient (Wildman–Crippen LogP) is 2.33. The average Bonchev–Trinajstić information content (AvgIpc) is 2.49. The first-order valence-corrected chi connectivity index (χ1v) is 6.15. The van der Waals surface area contributed by atoms with Crippen molar-refractivity contribution in [3.63, 3.8) is 0 Å². The Morgan fingerprint density at radius 1 is 1.05 bits per heavy atom. The van der Waals surface area contributed by atoms with Crippen LogP contribution >= 0.6 is 0 Å². The number of nitrogens with one attached hydrogen (secondary N) is 1. The van der Waals surface area contributed by atoms with E-state index >= 15 is 0 Å². The lowest BCUT2D eigenvalue weighted by Gasteiger charge is -2.16. The van der Waals surface area contributed by atoms with Crippen LogP contribution in [-0.4, -0.2) is 22.0 Å². The molecule has 3 aromatic rings. The molecule has 3 rings (SSSR count). The van der Waals surface area contributed by atoms with E-state index in [1.54, 1.807) is 6.33 Å². The molecule has 94 valence electrons. The highest BCUT2D eigenvalue weighted by Crippen LogP contribution is 2.23. The van der Waals surface area contributed by atoms with E-state index in [1.807, 2.05) is 37.8 Å². The van der Waals surface area contributed by atoms with Crippen LogP contribution in [0.15, 0.2) is 55.2 Å². The second-order valence-corrected chi connectivity index (χ2v) is 4.35. The van der Waals surface area contributed by atoms with Gasteiger partial charge in [0.15, 0.2) is 0 Å². The van der Waals surface area contributed by atoms with E-state index in [1.165, 1.54) is 5.56 Å². The molecular weight excluding hydrogens is 236 g/mol. The van der Waals surface area contributed by atoms with E-state index < -0.39 is 0 Å². The number of fused-ring (bicyclic) bond motifs is 1. The summed E-state index contributed by atoms with van der Waals surface area (Å²) >= 11 is 0. The molecule has 19 heavy (non-hydrogen) atoms. The lowest BCUT2D eigenvalue weighted by atomic mass is 9.99. The second-order valence-electron chi connectivity index (χ2n) is 4.35. The third kappa shape index (κ3) is 2.30. The molecule has 0 aliphatic carbocycles. The summed E-state index contributed by atoms with van der Waals surface area (Å²) in [5.41, 5.74) is 3.23. The Labute approximate surface area is 111 Å². The quantitative estimate of drug-likeness (QED) is 0.775. The standard InChI is InChI=1S/C15H14N4/c1-16-15(13-8-17-10-18-9-13)12-4-5-14-11(7-12)3-2-6-19-14/h2-10,15-16H,1H3. The van der Waals surface area contributed by atoms with Crippen LogP contribution in [0.4, 0.5) is 0 Å². The molecule has 4 nitrogen and oxygen atoms in total. The van der Waals surface area contributed by atoms with Crippen LogP contribution in [0.2, 0.25) is 0 Å². The number of hydrogen-bond donors (Lipinski definition) is 1. The second kappa shape index (κ2) is 5.12. The maximum Gasteiger partial charge on any atom is 0.115 e. The molecule has 0 saturated heterocycles. The van der Waals surface area contributed by atoms with Gasteiger partial charge in [0.2, 0.25) is 0 Å². The van der Waals surface area contributed by atoms with Gasteiger partial charge in [-0.3, -0.25) is 4.98 Å². The van der Waals surface area contributed by atoms with E-state index in [0.717, 1.165) is 16.5 Å². The molecule has 0 bridgehead atoms. The highest BCUT2D eigenvalue weighted by molar-refractivity contribution is 5.79. The molecule has 2 heterocycles. The number of benzene rings is 1. The number of pyridine rings is 1. The van der Waals surface area contributed by atoms with Gasteiger partial charge in [-0.2, -0.15) is 0 Å². The van der Waals surface area contributed by atoms with Gasteiger partial charge >= 0.3 is 0 Å². The molecule has 0 aliphatic rings. The predicted molar refractivity (Wildman–Crippen MR) is 74.7 cm³/mol. The fraction of sp³-hybridized carbons (Fsp3) is 0.133. The smallest absolute Gasteiger partial charge is 0.115 e. The summed E-state index contributed by atoms with van der Waals surface area (Å²) in [6.07, 6.45) is 7.02. The Morgan fingerprint density at radius 3 is 2.68 bits per heavy atom. The van der Waals surface area contributed by atoms with Gasteiger partial charge in [0.25, 0.3) is 0 Å².